The molecule has 0 unspecified atom stereocenters. The predicted octanol–water partition coefficient (Wildman–Crippen LogP) is 7.01. The smallest absolute Gasteiger partial charge is 0.119 e. The van der Waals surface area contributed by atoms with Crippen molar-refractivity contribution in [2.75, 3.05) is 5.32 Å². The minimum Gasteiger partial charge on any atom is -0.489 e. The molecule has 0 spiro atoms. The highest BCUT2D eigenvalue weighted by Crippen LogP contribution is 2.50. The van der Waals surface area contributed by atoms with Crippen LogP contribution in [0.4, 0.5) is 5.69 Å². The summed E-state index contributed by atoms with van der Waals surface area (Å²) in [6, 6.07) is 24.2. The van der Waals surface area contributed by atoms with Gasteiger partial charge in [-0.15, -0.1) is 0 Å². The topological polar surface area (TPSA) is 21.3 Å². The number of hydrogen-bond donors (Lipinski definition) is 1. The monoisotopic (exact) mass is 493 g/mol. The lowest BCUT2D eigenvalue weighted by molar-refractivity contribution is 0.306. The molecule has 3 aromatic carbocycles. The number of anilines is 1. The van der Waals surface area contributed by atoms with Crippen molar-refractivity contribution in [3.8, 4) is 5.75 Å². The van der Waals surface area contributed by atoms with Gasteiger partial charge >= 0.3 is 0 Å². The molecule has 0 bridgehead atoms. The molecule has 3 heteroatoms. The third-order valence-electron chi connectivity index (χ3n) is 6.09. The van der Waals surface area contributed by atoms with Gasteiger partial charge in [-0.2, -0.15) is 0 Å². The highest BCUT2D eigenvalue weighted by Gasteiger charge is 2.37. The lowest BCUT2D eigenvalue weighted by Crippen LogP contribution is -2.29. The molecule has 29 heavy (non-hydrogen) atoms. The van der Waals surface area contributed by atoms with Crippen LogP contribution >= 0.6 is 22.6 Å². The fourth-order valence-corrected chi connectivity index (χ4v) is 5.03. The van der Waals surface area contributed by atoms with Gasteiger partial charge in [0.25, 0.3) is 0 Å². The molecule has 0 aromatic heterocycles. The molecule has 0 saturated carbocycles. The van der Waals surface area contributed by atoms with Crippen molar-refractivity contribution in [2.45, 2.75) is 31.9 Å². The molecule has 3 atom stereocenters. The molecule has 2 nitrogen and oxygen atoms in total. The Hall–Kier alpha value is -2.27. The largest absolute Gasteiger partial charge is 0.489 e. The van der Waals surface area contributed by atoms with Crippen LogP contribution < -0.4 is 10.1 Å². The van der Waals surface area contributed by atoms with Crippen LogP contribution in [-0.2, 0) is 6.61 Å². The molecule has 3 aromatic rings. The second-order valence-corrected chi connectivity index (χ2v) is 9.30. The molecule has 146 valence electrons. The van der Waals surface area contributed by atoms with Crippen LogP contribution in [0.3, 0.4) is 0 Å². The minimum absolute atomic E-state index is 0.328. The average molecular weight is 493 g/mol. The summed E-state index contributed by atoms with van der Waals surface area (Å²) in [5, 5.41) is 3.81. The first-order valence-corrected chi connectivity index (χ1v) is 11.3. The van der Waals surface area contributed by atoms with Crippen LogP contribution in [0, 0.1) is 16.4 Å². The Morgan fingerprint density at radius 2 is 1.79 bits per heavy atom. The molecule has 2 aliphatic rings. The molecule has 5 rings (SSSR count). The quantitative estimate of drug-likeness (QED) is 0.312. The predicted molar refractivity (Wildman–Crippen MR) is 127 cm³/mol. The molecule has 0 saturated heterocycles. The fraction of sp³-hybridized carbons (Fsp3) is 0.231. The van der Waals surface area contributed by atoms with E-state index in [1.165, 1.54) is 31.5 Å². The summed E-state index contributed by atoms with van der Waals surface area (Å²) in [5.41, 5.74) is 6.50. The van der Waals surface area contributed by atoms with Crippen LogP contribution in [-0.4, -0.2) is 0 Å². The molecule has 1 aliphatic carbocycles. The van der Waals surface area contributed by atoms with Gasteiger partial charge in [-0.05, 0) is 88.9 Å². The van der Waals surface area contributed by atoms with E-state index in [-0.39, 0.29) is 0 Å². The van der Waals surface area contributed by atoms with E-state index in [9.17, 15) is 0 Å². The van der Waals surface area contributed by atoms with E-state index in [1.54, 1.807) is 0 Å². The van der Waals surface area contributed by atoms with Crippen molar-refractivity contribution >= 4 is 28.3 Å². The highest BCUT2D eigenvalue weighted by atomic mass is 127. The summed E-state index contributed by atoms with van der Waals surface area (Å²) in [5.74, 6) is 1.99. The van der Waals surface area contributed by atoms with Gasteiger partial charge in [0.2, 0.25) is 0 Å². The normalized spacial score (nSPS) is 21.9. The van der Waals surface area contributed by atoms with Gasteiger partial charge in [-0.25, -0.2) is 0 Å². The van der Waals surface area contributed by atoms with E-state index in [2.05, 4.69) is 114 Å². The van der Waals surface area contributed by atoms with Crippen LogP contribution in [0.15, 0.2) is 78.9 Å². The van der Waals surface area contributed by atoms with E-state index >= 15 is 0 Å². The zero-order valence-corrected chi connectivity index (χ0v) is 18.6. The number of benzene rings is 3. The van der Waals surface area contributed by atoms with Gasteiger partial charge in [0.05, 0.1) is 6.04 Å². The summed E-state index contributed by atoms with van der Waals surface area (Å²) in [4.78, 5) is 0. The summed E-state index contributed by atoms with van der Waals surface area (Å²) in [7, 11) is 0. The second-order valence-electron chi connectivity index (χ2n) is 8.05. The SMILES string of the molecule is Cc1ccc(COc2ccc([C@@H]3Nc4ccc(I)cc4[C@@H]4C=CC[C@@H]43)cc2)cc1. The zero-order chi connectivity index (χ0) is 19.8. The van der Waals surface area contributed by atoms with Gasteiger partial charge in [-0.3, -0.25) is 0 Å². The Balaban J connectivity index is 1.33. The highest BCUT2D eigenvalue weighted by molar-refractivity contribution is 14.1. The lowest BCUT2D eigenvalue weighted by Gasteiger charge is -2.37. The van der Waals surface area contributed by atoms with Gasteiger partial charge in [0.1, 0.15) is 12.4 Å². The van der Waals surface area contributed by atoms with Gasteiger partial charge in [0, 0.05) is 15.2 Å². The number of fused-ring (bicyclic) bond motifs is 3. The van der Waals surface area contributed by atoms with Gasteiger partial charge in [0.15, 0.2) is 0 Å². The van der Waals surface area contributed by atoms with Gasteiger partial charge < -0.3 is 10.1 Å². The third-order valence-corrected chi connectivity index (χ3v) is 6.76. The second kappa shape index (κ2) is 7.86. The molecule has 1 aliphatic heterocycles. The summed E-state index contributed by atoms with van der Waals surface area (Å²) in [6.07, 6.45) is 5.86. The Labute approximate surface area is 186 Å². The maximum atomic E-state index is 6.00. The maximum Gasteiger partial charge on any atom is 0.119 e. The van der Waals surface area contributed by atoms with E-state index < -0.39 is 0 Å². The molecular formula is C26H24INO. The van der Waals surface area contributed by atoms with E-state index in [4.69, 9.17) is 4.74 Å². The standard InChI is InChI=1S/C26H24INO/c1-17-5-7-18(8-6-17)16-29-21-12-9-19(10-13-21)26-23-4-2-3-22(23)24-15-20(27)11-14-25(24)28-26/h2-3,5-15,22-23,26,28H,4,16H2,1H3/t22-,23+,26+/m1/s1. The number of rotatable bonds is 4. The summed E-state index contributed by atoms with van der Waals surface area (Å²) in [6.45, 7) is 2.70. The zero-order valence-electron chi connectivity index (χ0n) is 16.4. The van der Waals surface area contributed by atoms with Crippen molar-refractivity contribution < 1.29 is 4.74 Å². The molecule has 0 amide bonds. The summed E-state index contributed by atoms with van der Waals surface area (Å²) >= 11 is 2.41. The maximum absolute atomic E-state index is 6.00. The Morgan fingerprint density at radius 1 is 1.00 bits per heavy atom. The molecular weight excluding hydrogens is 469 g/mol. The summed E-state index contributed by atoms with van der Waals surface area (Å²) < 4.78 is 7.30. The van der Waals surface area contributed by atoms with Crippen molar-refractivity contribution in [3.05, 3.63) is 105 Å². The first-order chi connectivity index (χ1) is 14.2. The van der Waals surface area contributed by atoms with Crippen LogP contribution in [0.25, 0.3) is 0 Å². The Bertz CT molecular complexity index is 1040. The average Bonchev–Trinajstić information content (AvgIpc) is 3.24. The van der Waals surface area contributed by atoms with Crippen molar-refractivity contribution in [1.29, 1.82) is 0 Å². The molecule has 1 N–H and O–H groups in total. The van der Waals surface area contributed by atoms with E-state index in [0.29, 0.717) is 24.5 Å². The molecule has 1 heterocycles. The van der Waals surface area contributed by atoms with Crippen LogP contribution in [0.5, 0.6) is 5.75 Å². The minimum atomic E-state index is 0.328. The van der Waals surface area contributed by atoms with E-state index in [0.717, 1.165) is 12.2 Å². The first kappa shape index (κ1) is 18.7. The number of aryl methyl sites for hydroxylation is 1. The fourth-order valence-electron chi connectivity index (χ4n) is 4.52. The molecule has 0 fully saturated rings. The van der Waals surface area contributed by atoms with Crippen molar-refractivity contribution in [2.24, 2.45) is 5.92 Å². The molecule has 0 radical (unpaired) electrons. The van der Waals surface area contributed by atoms with Crippen LogP contribution in [0.2, 0.25) is 0 Å². The van der Waals surface area contributed by atoms with Crippen molar-refractivity contribution in [1.82, 2.24) is 0 Å². The first-order valence-electron chi connectivity index (χ1n) is 10.2. The number of hydrogen-bond acceptors (Lipinski definition) is 2. The Morgan fingerprint density at radius 3 is 2.59 bits per heavy atom. The lowest BCUT2D eigenvalue weighted by atomic mass is 9.77. The van der Waals surface area contributed by atoms with E-state index in [1.807, 2.05) is 0 Å². The van der Waals surface area contributed by atoms with Gasteiger partial charge in [-0.1, -0.05) is 54.1 Å². The number of allylic oxidation sites excluding steroid dienone is 2. The van der Waals surface area contributed by atoms with Crippen LogP contribution in [0.1, 0.15) is 40.6 Å². The number of nitrogens with one attached hydrogen (secondary N) is 1. The number of halogens is 1. The Kier molecular flexibility index (Phi) is 5.08. The van der Waals surface area contributed by atoms with Crippen molar-refractivity contribution in [3.63, 3.8) is 0 Å². The number of ether oxygens (including phenoxy) is 1. The third kappa shape index (κ3) is 3.80.